The first kappa shape index (κ1) is 11.6. The Morgan fingerprint density at radius 1 is 1.33 bits per heavy atom. The zero-order chi connectivity index (χ0) is 12.7. The summed E-state index contributed by atoms with van der Waals surface area (Å²) < 4.78 is 0.929. The maximum Gasteiger partial charge on any atom is 0.229 e. The minimum absolute atomic E-state index is 0.0440. The van der Waals surface area contributed by atoms with Crippen LogP contribution in [-0.4, -0.2) is 23.5 Å². The summed E-state index contributed by atoms with van der Waals surface area (Å²) in [6.07, 6.45) is 2.13. The molecule has 4 nitrogen and oxygen atoms in total. The molecule has 1 aliphatic rings. The highest BCUT2D eigenvalue weighted by molar-refractivity contribution is 9.10. The number of nitrogens with two attached hydrogens (primary N) is 1. The molecule has 3 rings (SSSR count). The second-order valence-electron chi connectivity index (χ2n) is 4.44. The number of anilines is 1. The van der Waals surface area contributed by atoms with Crippen molar-refractivity contribution in [1.82, 2.24) is 4.98 Å². The number of aromatic nitrogens is 1. The van der Waals surface area contributed by atoms with Crippen molar-refractivity contribution in [2.45, 2.75) is 12.5 Å². The molecule has 1 atom stereocenters. The standard InChI is InChI=1S/C13H12BrN3O/c14-11-6-16-13(10-4-2-1-3-9(10)11)17-7-8(15)5-12(17)18/h1-4,6,8H,5,7,15H2. The van der Waals surface area contributed by atoms with Crippen LogP contribution in [0.3, 0.4) is 0 Å². The number of hydrogen-bond acceptors (Lipinski definition) is 3. The van der Waals surface area contributed by atoms with Gasteiger partial charge in [-0.05, 0) is 15.9 Å². The largest absolute Gasteiger partial charge is 0.326 e. The summed E-state index contributed by atoms with van der Waals surface area (Å²) in [5.41, 5.74) is 5.83. The molecule has 2 aromatic rings. The number of amides is 1. The SMILES string of the molecule is NC1CC(=O)N(c2ncc(Br)c3ccccc23)C1. The molecule has 1 saturated heterocycles. The average Bonchev–Trinajstić information content (AvgIpc) is 2.69. The van der Waals surface area contributed by atoms with Gasteiger partial charge in [0.05, 0.1) is 0 Å². The Morgan fingerprint density at radius 3 is 2.72 bits per heavy atom. The monoisotopic (exact) mass is 305 g/mol. The molecule has 1 amide bonds. The van der Waals surface area contributed by atoms with Gasteiger partial charge in [-0.2, -0.15) is 0 Å². The van der Waals surface area contributed by atoms with Crippen LogP contribution in [0.2, 0.25) is 0 Å². The predicted molar refractivity (Wildman–Crippen MR) is 74.4 cm³/mol. The quantitative estimate of drug-likeness (QED) is 0.877. The van der Waals surface area contributed by atoms with E-state index < -0.39 is 0 Å². The third-order valence-electron chi connectivity index (χ3n) is 3.14. The van der Waals surface area contributed by atoms with Gasteiger partial charge in [0.25, 0.3) is 0 Å². The average molecular weight is 306 g/mol. The Balaban J connectivity index is 2.18. The Morgan fingerprint density at radius 2 is 2.06 bits per heavy atom. The van der Waals surface area contributed by atoms with Crippen molar-refractivity contribution in [1.29, 1.82) is 0 Å². The number of nitrogens with zero attached hydrogens (tertiary/aromatic N) is 2. The number of carbonyl (C=O) groups excluding carboxylic acids is 1. The van der Waals surface area contributed by atoms with Crippen molar-refractivity contribution in [3.05, 3.63) is 34.9 Å². The smallest absolute Gasteiger partial charge is 0.229 e. The van der Waals surface area contributed by atoms with E-state index in [4.69, 9.17) is 5.73 Å². The number of halogens is 1. The van der Waals surface area contributed by atoms with Crippen LogP contribution in [-0.2, 0) is 4.79 Å². The first-order valence-corrected chi connectivity index (χ1v) is 6.55. The summed E-state index contributed by atoms with van der Waals surface area (Å²) in [6, 6.07) is 7.79. The van der Waals surface area contributed by atoms with E-state index in [2.05, 4.69) is 20.9 Å². The molecule has 1 aliphatic heterocycles. The summed E-state index contributed by atoms with van der Waals surface area (Å²) >= 11 is 3.48. The Kier molecular flexibility index (Phi) is 2.80. The van der Waals surface area contributed by atoms with E-state index >= 15 is 0 Å². The molecule has 1 unspecified atom stereocenters. The van der Waals surface area contributed by atoms with Crippen LogP contribution in [0.1, 0.15) is 6.42 Å². The molecule has 0 spiro atoms. The van der Waals surface area contributed by atoms with Gasteiger partial charge in [-0.25, -0.2) is 4.98 Å². The van der Waals surface area contributed by atoms with Gasteiger partial charge in [0, 0.05) is 40.4 Å². The topological polar surface area (TPSA) is 59.2 Å². The number of carbonyl (C=O) groups is 1. The van der Waals surface area contributed by atoms with Crippen molar-refractivity contribution < 1.29 is 4.79 Å². The van der Waals surface area contributed by atoms with Gasteiger partial charge in [-0.3, -0.25) is 9.69 Å². The van der Waals surface area contributed by atoms with Crippen molar-refractivity contribution in [3.63, 3.8) is 0 Å². The van der Waals surface area contributed by atoms with Gasteiger partial charge in [-0.1, -0.05) is 24.3 Å². The van der Waals surface area contributed by atoms with E-state index in [9.17, 15) is 4.79 Å². The van der Waals surface area contributed by atoms with Crippen molar-refractivity contribution >= 4 is 38.4 Å². The lowest BCUT2D eigenvalue weighted by Crippen LogP contribution is -2.28. The highest BCUT2D eigenvalue weighted by atomic mass is 79.9. The molecule has 0 radical (unpaired) electrons. The molecule has 0 aliphatic carbocycles. The molecule has 2 heterocycles. The van der Waals surface area contributed by atoms with Crippen LogP contribution < -0.4 is 10.6 Å². The normalized spacial score (nSPS) is 19.8. The van der Waals surface area contributed by atoms with Crippen LogP contribution in [0.25, 0.3) is 10.8 Å². The number of hydrogen-bond donors (Lipinski definition) is 1. The van der Waals surface area contributed by atoms with Gasteiger partial charge in [0.15, 0.2) is 0 Å². The Labute approximate surface area is 113 Å². The van der Waals surface area contributed by atoms with E-state index in [1.165, 1.54) is 0 Å². The lowest BCUT2D eigenvalue weighted by atomic mass is 10.1. The molecule has 1 fully saturated rings. The van der Waals surface area contributed by atoms with Crippen LogP contribution >= 0.6 is 15.9 Å². The fourth-order valence-corrected chi connectivity index (χ4v) is 2.75. The molecular weight excluding hydrogens is 294 g/mol. The summed E-state index contributed by atoms with van der Waals surface area (Å²) in [5.74, 6) is 0.745. The van der Waals surface area contributed by atoms with E-state index in [1.54, 1.807) is 11.1 Å². The molecule has 1 aromatic heterocycles. The van der Waals surface area contributed by atoms with E-state index in [0.29, 0.717) is 18.8 Å². The number of pyridine rings is 1. The number of fused-ring (bicyclic) bond motifs is 1. The first-order valence-electron chi connectivity index (χ1n) is 5.76. The van der Waals surface area contributed by atoms with Crippen molar-refractivity contribution in [2.24, 2.45) is 5.73 Å². The second-order valence-corrected chi connectivity index (χ2v) is 5.30. The van der Waals surface area contributed by atoms with Gasteiger partial charge < -0.3 is 5.73 Å². The lowest BCUT2D eigenvalue weighted by Gasteiger charge is -2.17. The zero-order valence-corrected chi connectivity index (χ0v) is 11.2. The van der Waals surface area contributed by atoms with Crippen LogP contribution in [0.5, 0.6) is 0 Å². The molecule has 18 heavy (non-hydrogen) atoms. The first-order chi connectivity index (χ1) is 8.66. The van der Waals surface area contributed by atoms with Gasteiger partial charge in [0.1, 0.15) is 5.82 Å². The maximum absolute atomic E-state index is 11.9. The second kappa shape index (κ2) is 4.33. The molecule has 92 valence electrons. The third-order valence-corrected chi connectivity index (χ3v) is 3.77. The summed E-state index contributed by atoms with van der Waals surface area (Å²) in [6.45, 7) is 0.539. The minimum Gasteiger partial charge on any atom is -0.326 e. The highest BCUT2D eigenvalue weighted by Crippen LogP contribution is 2.31. The van der Waals surface area contributed by atoms with E-state index in [-0.39, 0.29) is 11.9 Å². The Bertz CT molecular complexity index is 629. The fourth-order valence-electron chi connectivity index (χ4n) is 2.30. The molecule has 5 heteroatoms. The molecule has 2 N–H and O–H groups in total. The van der Waals surface area contributed by atoms with Crippen molar-refractivity contribution in [3.8, 4) is 0 Å². The fraction of sp³-hybridized carbons (Fsp3) is 0.231. The molecule has 0 saturated carbocycles. The molecule has 1 aromatic carbocycles. The Hall–Kier alpha value is -1.46. The van der Waals surface area contributed by atoms with Crippen LogP contribution in [0.4, 0.5) is 5.82 Å². The highest BCUT2D eigenvalue weighted by Gasteiger charge is 2.30. The van der Waals surface area contributed by atoms with Crippen molar-refractivity contribution in [2.75, 3.05) is 11.4 Å². The molecule has 0 bridgehead atoms. The van der Waals surface area contributed by atoms with E-state index in [1.807, 2.05) is 24.3 Å². The summed E-state index contributed by atoms with van der Waals surface area (Å²) in [4.78, 5) is 18.0. The van der Waals surface area contributed by atoms with Crippen LogP contribution in [0, 0.1) is 0 Å². The van der Waals surface area contributed by atoms with E-state index in [0.717, 1.165) is 15.2 Å². The number of benzene rings is 1. The van der Waals surface area contributed by atoms with Gasteiger partial charge in [0.2, 0.25) is 5.91 Å². The lowest BCUT2D eigenvalue weighted by molar-refractivity contribution is -0.117. The third kappa shape index (κ3) is 1.79. The van der Waals surface area contributed by atoms with Crippen LogP contribution in [0.15, 0.2) is 34.9 Å². The van der Waals surface area contributed by atoms with Gasteiger partial charge >= 0.3 is 0 Å². The maximum atomic E-state index is 11.9. The zero-order valence-electron chi connectivity index (χ0n) is 9.64. The summed E-state index contributed by atoms with van der Waals surface area (Å²) in [7, 11) is 0. The predicted octanol–water partition coefficient (Wildman–Crippen LogP) is 2.06. The summed E-state index contributed by atoms with van der Waals surface area (Å²) in [5, 5.41) is 2.02. The molecular formula is C13H12BrN3O. The number of rotatable bonds is 1. The van der Waals surface area contributed by atoms with Gasteiger partial charge in [-0.15, -0.1) is 0 Å². The minimum atomic E-state index is -0.0956.